The van der Waals surface area contributed by atoms with E-state index in [9.17, 15) is 17.6 Å². The summed E-state index contributed by atoms with van der Waals surface area (Å²) >= 11 is 2.94. The minimum Gasteiger partial charge on any atom is -0.204 e. The summed E-state index contributed by atoms with van der Waals surface area (Å²) in [5, 5.41) is 0. The second-order valence-corrected chi connectivity index (χ2v) is 1.68. The summed E-state index contributed by atoms with van der Waals surface area (Å²) in [7, 11) is 0. The molecule has 0 amide bonds. The standard InChI is InChI=1S/C6H2F4.CH3Br/c7-3-1-4(8)6(10)2-5(3)9;1-2/h1-2H;1H3. The molecule has 1 aromatic carbocycles. The lowest BCUT2D eigenvalue weighted by Crippen LogP contribution is -1.90. The van der Waals surface area contributed by atoms with Crippen LogP contribution in [0.5, 0.6) is 0 Å². The Labute approximate surface area is 75.3 Å². The van der Waals surface area contributed by atoms with Crippen LogP contribution in [0.3, 0.4) is 0 Å². The van der Waals surface area contributed by atoms with Crippen LogP contribution in [0.4, 0.5) is 17.6 Å². The lowest BCUT2D eigenvalue weighted by atomic mass is 10.3. The summed E-state index contributed by atoms with van der Waals surface area (Å²) in [6.45, 7) is 0. The van der Waals surface area contributed by atoms with Crippen LogP contribution in [0.2, 0.25) is 0 Å². The van der Waals surface area contributed by atoms with Gasteiger partial charge in [0.05, 0.1) is 0 Å². The summed E-state index contributed by atoms with van der Waals surface area (Å²) < 4.78 is 47.9. The van der Waals surface area contributed by atoms with Crippen molar-refractivity contribution in [3.63, 3.8) is 0 Å². The van der Waals surface area contributed by atoms with Crippen molar-refractivity contribution in [2.75, 3.05) is 5.83 Å². The van der Waals surface area contributed by atoms with Gasteiger partial charge in [-0.1, -0.05) is 15.9 Å². The fraction of sp³-hybridized carbons (Fsp3) is 0.143. The highest BCUT2D eigenvalue weighted by atomic mass is 79.9. The first-order valence-electron chi connectivity index (χ1n) is 2.79. The van der Waals surface area contributed by atoms with Crippen LogP contribution < -0.4 is 0 Å². The topological polar surface area (TPSA) is 0 Å². The van der Waals surface area contributed by atoms with Gasteiger partial charge < -0.3 is 0 Å². The fourth-order valence-corrected chi connectivity index (χ4v) is 0.498. The number of benzene rings is 1. The van der Waals surface area contributed by atoms with Crippen LogP contribution in [0, 0.1) is 23.3 Å². The smallest absolute Gasteiger partial charge is 0.161 e. The van der Waals surface area contributed by atoms with Gasteiger partial charge in [-0.3, -0.25) is 0 Å². The number of hydrogen-bond acceptors (Lipinski definition) is 0. The van der Waals surface area contributed by atoms with E-state index in [4.69, 9.17) is 0 Å². The molecule has 0 spiro atoms. The van der Waals surface area contributed by atoms with Gasteiger partial charge in [0.25, 0.3) is 0 Å². The zero-order chi connectivity index (χ0) is 9.72. The summed E-state index contributed by atoms with van der Waals surface area (Å²) in [5.74, 6) is -3.75. The molecule has 1 rings (SSSR count). The molecule has 0 nitrogen and oxygen atoms in total. The van der Waals surface area contributed by atoms with E-state index in [1.807, 2.05) is 5.83 Å². The van der Waals surface area contributed by atoms with Crippen molar-refractivity contribution in [3.8, 4) is 0 Å². The van der Waals surface area contributed by atoms with Gasteiger partial charge in [0.2, 0.25) is 0 Å². The minimum atomic E-state index is -1.39. The average Bonchev–Trinajstić information content (AvgIpc) is 2.05. The number of rotatable bonds is 0. The van der Waals surface area contributed by atoms with E-state index in [-0.39, 0.29) is 12.1 Å². The van der Waals surface area contributed by atoms with Crippen molar-refractivity contribution < 1.29 is 17.6 Å². The van der Waals surface area contributed by atoms with Crippen molar-refractivity contribution in [1.29, 1.82) is 0 Å². The van der Waals surface area contributed by atoms with Gasteiger partial charge in [0.1, 0.15) is 0 Å². The molecule has 0 bridgehead atoms. The van der Waals surface area contributed by atoms with Crippen LogP contribution in [-0.4, -0.2) is 5.83 Å². The molecule has 12 heavy (non-hydrogen) atoms. The molecule has 0 aliphatic rings. The zero-order valence-corrected chi connectivity index (χ0v) is 7.63. The Morgan fingerprint density at radius 3 is 1.08 bits per heavy atom. The van der Waals surface area contributed by atoms with E-state index >= 15 is 0 Å². The van der Waals surface area contributed by atoms with Gasteiger partial charge in [0, 0.05) is 12.1 Å². The van der Waals surface area contributed by atoms with Crippen molar-refractivity contribution in [1.82, 2.24) is 0 Å². The molecule has 0 aromatic heterocycles. The predicted octanol–water partition coefficient (Wildman–Crippen LogP) is 3.25. The van der Waals surface area contributed by atoms with Crippen LogP contribution in [0.25, 0.3) is 0 Å². The van der Waals surface area contributed by atoms with Gasteiger partial charge in [-0.25, -0.2) is 17.6 Å². The highest BCUT2D eigenvalue weighted by Crippen LogP contribution is 2.11. The molecule has 0 radical (unpaired) electrons. The van der Waals surface area contributed by atoms with Crippen LogP contribution in [-0.2, 0) is 0 Å². The molecule has 0 fully saturated rings. The van der Waals surface area contributed by atoms with Crippen molar-refractivity contribution in [2.24, 2.45) is 0 Å². The quantitative estimate of drug-likeness (QED) is 0.374. The lowest BCUT2D eigenvalue weighted by molar-refractivity contribution is 0.454. The Kier molecular flexibility index (Phi) is 4.89. The molecule has 0 unspecified atom stereocenters. The zero-order valence-electron chi connectivity index (χ0n) is 6.04. The third kappa shape index (κ3) is 2.81. The highest BCUT2D eigenvalue weighted by molar-refractivity contribution is 9.08. The molecule has 0 aliphatic carbocycles. The van der Waals surface area contributed by atoms with E-state index in [2.05, 4.69) is 15.9 Å². The molecular formula is C7H5BrF4. The Bertz CT molecular complexity index is 212. The maximum absolute atomic E-state index is 12.0. The van der Waals surface area contributed by atoms with Crippen LogP contribution in [0.1, 0.15) is 0 Å². The van der Waals surface area contributed by atoms with Crippen LogP contribution in [0.15, 0.2) is 12.1 Å². The van der Waals surface area contributed by atoms with Gasteiger partial charge in [-0.2, -0.15) is 0 Å². The van der Waals surface area contributed by atoms with Crippen LogP contribution >= 0.6 is 15.9 Å². The first-order chi connectivity index (χ1) is 5.61. The molecular weight excluding hydrogens is 240 g/mol. The third-order valence-corrected chi connectivity index (χ3v) is 0.963. The van der Waals surface area contributed by atoms with Gasteiger partial charge >= 0.3 is 0 Å². The fourth-order valence-electron chi connectivity index (χ4n) is 0.498. The normalized spacial score (nSPS) is 8.83. The maximum Gasteiger partial charge on any atom is 0.161 e. The van der Waals surface area contributed by atoms with Crippen molar-refractivity contribution >= 4 is 15.9 Å². The molecule has 0 N–H and O–H groups in total. The first-order valence-corrected chi connectivity index (χ1v) is 4.37. The molecule has 0 saturated heterocycles. The summed E-state index contributed by atoms with van der Waals surface area (Å²) in [4.78, 5) is 0. The Balaban J connectivity index is 0.000000561. The Morgan fingerprint density at radius 1 is 0.750 bits per heavy atom. The van der Waals surface area contributed by atoms with Gasteiger partial charge in [-0.15, -0.1) is 0 Å². The summed E-state index contributed by atoms with van der Waals surface area (Å²) in [5.41, 5.74) is 0. The lowest BCUT2D eigenvalue weighted by Gasteiger charge is -1.92. The average molecular weight is 245 g/mol. The minimum absolute atomic E-state index is 0.157. The molecule has 0 aliphatic heterocycles. The molecule has 0 atom stereocenters. The molecule has 0 saturated carbocycles. The maximum atomic E-state index is 12.0. The van der Waals surface area contributed by atoms with Crippen molar-refractivity contribution in [2.45, 2.75) is 0 Å². The van der Waals surface area contributed by atoms with E-state index in [1.54, 1.807) is 0 Å². The number of hydrogen-bond donors (Lipinski definition) is 0. The van der Waals surface area contributed by atoms with Crippen molar-refractivity contribution in [3.05, 3.63) is 35.4 Å². The Hall–Kier alpha value is -0.580. The van der Waals surface area contributed by atoms with Gasteiger partial charge in [0.15, 0.2) is 23.3 Å². The monoisotopic (exact) mass is 244 g/mol. The molecule has 0 heterocycles. The van der Waals surface area contributed by atoms with Gasteiger partial charge in [-0.05, 0) is 5.83 Å². The largest absolute Gasteiger partial charge is 0.204 e. The predicted molar refractivity (Wildman–Crippen MR) is 41.1 cm³/mol. The second-order valence-electron chi connectivity index (χ2n) is 1.68. The van der Waals surface area contributed by atoms with E-state index in [0.717, 1.165) is 0 Å². The second kappa shape index (κ2) is 5.13. The summed E-state index contributed by atoms with van der Waals surface area (Å²) in [6.07, 6.45) is 0. The van der Waals surface area contributed by atoms with E-state index < -0.39 is 23.3 Å². The Morgan fingerprint density at radius 2 is 0.917 bits per heavy atom. The number of halogens is 5. The molecule has 1 aromatic rings. The molecule has 5 heteroatoms. The number of alkyl halides is 1. The molecule has 68 valence electrons. The van der Waals surface area contributed by atoms with E-state index in [1.165, 1.54) is 0 Å². The third-order valence-electron chi connectivity index (χ3n) is 0.963. The van der Waals surface area contributed by atoms with E-state index in [0.29, 0.717) is 0 Å². The SMILES string of the molecule is CBr.Fc1cc(F)c(F)cc1F. The highest BCUT2D eigenvalue weighted by Gasteiger charge is 2.07. The first kappa shape index (κ1) is 11.4. The summed E-state index contributed by atoms with van der Waals surface area (Å²) in [6, 6.07) is 0.315.